The molecular weight excluding hydrogens is 467 g/mol. The van der Waals surface area contributed by atoms with Crippen LogP contribution in [0.25, 0.3) is 33.5 Å². The molecule has 1 amide bonds. The molecule has 0 fully saturated rings. The second-order valence-electron chi connectivity index (χ2n) is 7.87. The molecule has 174 valence electrons. The zero-order chi connectivity index (χ0) is 24.4. The Hall–Kier alpha value is -4.23. The quantitative estimate of drug-likeness (QED) is 0.307. The number of fused-ring (bicyclic) bond motifs is 1. The van der Waals surface area contributed by atoms with E-state index in [0.717, 1.165) is 16.7 Å². The normalized spacial score (nSPS) is 10.9. The van der Waals surface area contributed by atoms with Gasteiger partial charge in [0.2, 0.25) is 0 Å². The van der Waals surface area contributed by atoms with Gasteiger partial charge in [-0.3, -0.25) is 9.89 Å². The number of rotatable bonds is 6. The number of nitrogens with one attached hydrogen (secondary N) is 2. The van der Waals surface area contributed by atoms with E-state index in [0.29, 0.717) is 38.8 Å². The number of hydrogen-bond acceptors (Lipinski definition) is 4. The Morgan fingerprint density at radius 1 is 1.06 bits per heavy atom. The third kappa shape index (κ3) is 4.58. The summed E-state index contributed by atoms with van der Waals surface area (Å²) in [5.41, 5.74) is 4.33. The van der Waals surface area contributed by atoms with Crippen molar-refractivity contribution in [2.75, 3.05) is 7.11 Å². The Labute approximate surface area is 205 Å². The van der Waals surface area contributed by atoms with Crippen molar-refractivity contribution in [3.05, 3.63) is 101 Å². The molecule has 0 aliphatic heterocycles. The number of nitrogens with zero attached hydrogens (tertiary/aromatic N) is 2. The van der Waals surface area contributed by atoms with E-state index < -0.39 is 0 Å². The molecule has 2 aromatic heterocycles. The summed E-state index contributed by atoms with van der Waals surface area (Å²) in [5.74, 6) is -0.0108. The molecule has 0 spiro atoms. The first-order valence-corrected chi connectivity index (χ1v) is 11.2. The van der Waals surface area contributed by atoms with Crippen LogP contribution in [0.4, 0.5) is 4.39 Å². The zero-order valence-electron chi connectivity index (χ0n) is 18.7. The van der Waals surface area contributed by atoms with E-state index in [1.807, 2.05) is 36.4 Å². The molecular formula is C27H20ClFN4O2. The fraction of sp³-hybridized carbons (Fsp3) is 0.0741. The van der Waals surface area contributed by atoms with E-state index in [1.54, 1.807) is 37.4 Å². The maximum Gasteiger partial charge on any atom is 0.252 e. The fourth-order valence-corrected chi connectivity index (χ4v) is 4.03. The molecule has 5 aromatic rings. The Bertz CT molecular complexity index is 1520. The van der Waals surface area contributed by atoms with Crippen LogP contribution in [-0.4, -0.2) is 28.2 Å². The van der Waals surface area contributed by atoms with Crippen LogP contribution in [0.2, 0.25) is 5.02 Å². The van der Waals surface area contributed by atoms with Gasteiger partial charge in [-0.1, -0.05) is 48.0 Å². The minimum absolute atomic E-state index is 0.237. The van der Waals surface area contributed by atoms with E-state index in [4.69, 9.17) is 21.3 Å². The smallest absolute Gasteiger partial charge is 0.252 e. The summed E-state index contributed by atoms with van der Waals surface area (Å²) in [4.78, 5) is 18.2. The number of halogens is 2. The minimum Gasteiger partial charge on any atom is -0.496 e. The molecule has 2 heterocycles. The number of H-pyrrole nitrogens is 1. The third-order valence-electron chi connectivity index (χ3n) is 5.65. The standard InChI is InChI=1S/C27H20ClFN4O2/c1-35-23-5-3-2-4-20(23)22-14-21(27(34)30-15-16-6-12-19(29)13-7-16)24-25(32-33-26(24)31-22)17-8-10-18(28)11-9-17/h2-14H,15H2,1H3,(H,30,34)(H,31,32,33). The molecule has 0 saturated carbocycles. The molecule has 35 heavy (non-hydrogen) atoms. The highest BCUT2D eigenvalue weighted by Gasteiger charge is 2.21. The first kappa shape index (κ1) is 22.6. The second-order valence-corrected chi connectivity index (χ2v) is 8.31. The van der Waals surface area contributed by atoms with Crippen LogP contribution in [0.3, 0.4) is 0 Å². The molecule has 0 aliphatic carbocycles. The van der Waals surface area contributed by atoms with E-state index >= 15 is 0 Å². The highest BCUT2D eigenvalue weighted by Crippen LogP contribution is 2.34. The average Bonchev–Trinajstić information content (AvgIpc) is 3.32. The number of para-hydroxylation sites is 1. The molecule has 0 saturated heterocycles. The topological polar surface area (TPSA) is 79.9 Å². The van der Waals surface area contributed by atoms with Gasteiger partial charge in [-0.15, -0.1) is 0 Å². The van der Waals surface area contributed by atoms with Crippen molar-refractivity contribution in [3.8, 4) is 28.3 Å². The maximum absolute atomic E-state index is 13.5. The van der Waals surface area contributed by atoms with Gasteiger partial charge in [0, 0.05) is 22.7 Å². The average molecular weight is 487 g/mol. The number of methoxy groups -OCH3 is 1. The Balaban J connectivity index is 1.62. The van der Waals surface area contributed by atoms with Gasteiger partial charge in [0.15, 0.2) is 5.65 Å². The summed E-state index contributed by atoms with van der Waals surface area (Å²) in [6.07, 6.45) is 0. The van der Waals surface area contributed by atoms with Crippen molar-refractivity contribution in [2.45, 2.75) is 6.54 Å². The highest BCUT2D eigenvalue weighted by molar-refractivity contribution is 6.30. The van der Waals surface area contributed by atoms with Crippen LogP contribution in [0.1, 0.15) is 15.9 Å². The lowest BCUT2D eigenvalue weighted by Gasteiger charge is -2.12. The third-order valence-corrected chi connectivity index (χ3v) is 5.90. The van der Waals surface area contributed by atoms with E-state index in [1.165, 1.54) is 12.1 Å². The van der Waals surface area contributed by atoms with Crippen molar-refractivity contribution in [1.82, 2.24) is 20.5 Å². The monoisotopic (exact) mass is 486 g/mol. The molecule has 8 heteroatoms. The van der Waals surface area contributed by atoms with Gasteiger partial charge in [-0.25, -0.2) is 9.37 Å². The van der Waals surface area contributed by atoms with Crippen LogP contribution in [-0.2, 0) is 6.54 Å². The predicted octanol–water partition coefficient (Wildman–Crippen LogP) is 6.02. The summed E-state index contributed by atoms with van der Waals surface area (Å²) in [6.45, 7) is 0.237. The lowest BCUT2D eigenvalue weighted by Crippen LogP contribution is -2.23. The molecule has 0 unspecified atom stereocenters. The van der Waals surface area contributed by atoms with E-state index in [2.05, 4.69) is 15.5 Å². The van der Waals surface area contributed by atoms with Gasteiger partial charge in [-0.2, -0.15) is 5.10 Å². The molecule has 0 radical (unpaired) electrons. The van der Waals surface area contributed by atoms with Crippen LogP contribution < -0.4 is 10.1 Å². The predicted molar refractivity (Wildman–Crippen MR) is 134 cm³/mol. The number of aromatic nitrogens is 3. The van der Waals surface area contributed by atoms with E-state index in [-0.39, 0.29) is 18.3 Å². The van der Waals surface area contributed by atoms with Crippen LogP contribution >= 0.6 is 11.6 Å². The Morgan fingerprint density at radius 3 is 2.54 bits per heavy atom. The van der Waals surface area contributed by atoms with Gasteiger partial charge in [0.25, 0.3) is 5.91 Å². The number of amides is 1. The molecule has 0 bridgehead atoms. The number of hydrogen-bond donors (Lipinski definition) is 2. The lowest BCUT2D eigenvalue weighted by molar-refractivity contribution is 0.0952. The Morgan fingerprint density at radius 2 is 1.80 bits per heavy atom. The molecule has 3 aromatic carbocycles. The van der Waals surface area contributed by atoms with Crippen LogP contribution in [0.15, 0.2) is 78.9 Å². The van der Waals surface area contributed by atoms with Gasteiger partial charge in [0.05, 0.1) is 29.4 Å². The minimum atomic E-state index is -0.330. The largest absolute Gasteiger partial charge is 0.496 e. The number of ether oxygens (including phenoxy) is 1. The summed E-state index contributed by atoms with van der Waals surface area (Å²) < 4.78 is 18.8. The Kier molecular flexibility index (Phi) is 6.16. The number of aromatic amines is 1. The van der Waals surface area contributed by atoms with Gasteiger partial charge in [0.1, 0.15) is 11.6 Å². The van der Waals surface area contributed by atoms with Crippen molar-refractivity contribution >= 4 is 28.5 Å². The van der Waals surface area contributed by atoms with Crippen LogP contribution in [0.5, 0.6) is 5.75 Å². The van der Waals surface area contributed by atoms with Gasteiger partial charge < -0.3 is 10.1 Å². The summed E-state index contributed by atoms with van der Waals surface area (Å²) >= 11 is 6.06. The summed E-state index contributed by atoms with van der Waals surface area (Å²) in [7, 11) is 1.58. The molecule has 5 rings (SSSR count). The van der Waals surface area contributed by atoms with E-state index in [9.17, 15) is 9.18 Å². The van der Waals surface area contributed by atoms with Crippen molar-refractivity contribution in [1.29, 1.82) is 0 Å². The van der Waals surface area contributed by atoms with Gasteiger partial charge in [-0.05, 0) is 48.0 Å². The summed E-state index contributed by atoms with van der Waals surface area (Å²) in [6, 6.07) is 22.4. The molecule has 6 nitrogen and oxygen atoms in total. The highest BCUT2D eigenvalue weighted by atomic mass is 35.5. The number of carbonyl (C=O) groups is 1. The first-order chi connectivity index (χ1) is 17.0. The van der Waals surface area contributed by atoms with Crippen LogP contribution in [0, 0.1) is 5.82 Å². The maximum atomic E-state index is 13.5. The lowest BCUT2D eigenvalue weighted by atomic mass is 10.0. The number of carbonyl (C=O) groups excluding carboxylic acids is 1. The SMILES string of the molecule is COc1ccccc1-c1cc(C(=O)NCc2ccc(F)cc2)c2c(-c3ccc(Cl)cc3)[nH]nc2n1. The molecule has 0 aliphatic rings. The number of benzene rings is 3. The first-order valence-electron chi connectivity index (χ1n) is 10.8. The second kappa shape index (κ2) is 9.56. The van der Waals surface area contributed by atoms with Crippen molar-refractivity contribution < 1.29 is 13.9 Å². The molecule has 0 atom stereocenters. The van der Waals surface area contributed by atoms with Crippen molar-refractivity contribution in [2.24, 2.45) is 0 Å². The summed E-state index contributed by atoms with van der Waals surface area (Å²) in [5, 5.41) is 11.5. The fourth-order valence-electron chi connectivity index (χ4n) is 3.90. The number of pyridine rings is 1. The molecule has 2 N–H and O–H groups in total. The zero-order valence-corrected chi connectivity index (χ0v) is 19.4. The van der Waals surface area contributed by atoms with Crippen molar-refractivity contribution in [3.63, 3.8) is 0 Å². The van der Waals surface area contributed by atoms with Gasteiger partial charge >= 0.3 is 0 Å².